The van der Waals surface area contributed by atoms with E-state index < -0.39 is 31.9 Å². The highest BCUT2D eigenvalue weighted by molar-refractivity contribution is 7.38. The Morgan fingerprint density at radius 2 is 1.98 bits per heavy atom. The molecule has 12 heteroatoms. The second-order valence-electron chi connectivity index (χ2n) is 11.2. The molecule has 41 heavy (non-hydrogen) atoms. The van der Waals surface area contributed by atoms with Crippen LogP contribution >= 0.6 is 19.4 Å². The number of nitrogens with one attached hydrogen (secondary N) is 1. The van der Waals surface area contributed by atoms with Crippen LogP contribution < -0.4 is 5.32 Å². The average molecular weight is 598 g/mol. The van der Waals surface area contributed by atoms with Crippen molar-refractivity contribution in [1.29, 1.82) is 0 Å². The van der Waals surface area contributed by atoms with Crippen LogP contribution in [0.15, 0.2) is 42.7 Å². The molecule has 3 amide bonds. The third-order valence-electron chi connectivity index (χ3n) is 8.62. The first-order valence-corrected chi connectivity index (χ1v) is 16.0. The summed E-state index contributed by atoms with van der Waals surface area (Å²) in [6.07, 6.45) is 7.07. The van der Waals surface area contributed by atoms with Crippen molar-refractivity contribution in [2.24, 2.45) is 0 Å². The average Bonchev–Trinajstić information content (AvgIpc) is 3.52. The zero-order valence-corrected chi connectivity index (χ0v) is 24.2. The molecule has 0 radical (unpaired) electrons. The molecule has 0 spiro atoms. The van der Waals surface area contributed by atoms with Gasteiger partial charge in [-0.2, -0.15) is 9.28 Å². The van der Waals surface area contributed by atoms with Gasteiger partial charge >= 0.3 is 13.9 Å². The summed E-state index contributed by atoms with van der Waals surface area (Å²) >= 11 is 1.21. The number of aromatic nitrogens is 1. The Balaban J connectivity index is 1.14. The van der Waals surface area contributed by atoms with Crippen molar-refractivity contribution >= 4 is 47.2 Å². The van der Waals surface area contributed by atoms with Gasteiger partial charge in [0, 0.05) is 47.7 Å². The number of pyridine rings is 1. The van der Waals surface area contributed by atoms with Gasteiger partial charge in [-0.1, -0.05) is 6.07 Å². The van der Waals surface area contributed by atoms with E-state index in [1.165, 1.54) is 23.5 Å². The number of carbonyl (C=O) groups is 3. The van der Waals surface area contributed by atoms with E-state index in [9.17, 15) is 23.3 Å². The second kappa shape index (κ2) is 11.2. The lowest BCUT2D eigenvalue weighted by atomic mass is 9.89. The zero-order chi connectivity index (χ0) is 28.8. The Bertz CT molecular complexity index is 1540. The van der Waals surface area contributed by atoms with E-state index in [2.05, 4.69) is 10.3 Å². The number of alkyl halides is 1. The van der Waals surface area contributed by atoms with E-state index >= 15 is 0 Å². The molecular weight excluding hydrogens is 566 g/mol. The monoisotopic (exact) mass is 597 g/mol. The summed E-state index contributed by atoms with van der Waals surface area (Å²) in [4.78, 5) is 57.8. The van der Waals surface area contributed by atoms with E-state index in [1.54, 1.807) is 23.2 Å². The summed E-state index contributed by atoms with van der Waals surface area (Å²) < 4.78 is 25.9. The lowest BCUT2D eigenvalue weighted by molar-refractivity contribution is -0.148. The normalized spacial score (nSPS) is 24.0. The van der Waals surface area contributed by atoms with E-state index in [1.807, 2.05) is 24.1 Å². The Labute approximate surface area is 241 Å². The molecule has 3 aromatic rings. The van der Waals surface area contributed by atoms with Gasteiger partial charge in [0.2, 0.25) is 11.8 Å². The van der Waals surface area contributed by atoms with Gasteiger partial charge in [0.1, 0.15) is 12.1 Å². The third kappa shape index (κ3) is 5.27. The summed E-state index contributed by atoms with van der Waals surface area (Å²) in [6.45, 7) is 3.27. The quantitative estimate of drug-likeness (QED) is 0.402. The number of benzene rings is 1. The van der Waals surface area contributed by atoms with Gasteiger partial charge in [-0.15, -0.1) is 11.3 Å². The number of rotatable bonds is 6. The molecule has 3 fully saturated rings. The van der Waals surface area contributed by atoms with E-state index in [-0.39, 0.29) is 29.3 Å². The number of fused-ring (bicyclic) bond motifs is 2. The fourth-order valence-electron chi connectivity index (χ4n) is 6.39. The lowest BCUT2D eigenvalue weighted by Gasteiger charge is -2.43. The van der Waals surface area contributed by atoms with Gasteiger partial charge in [-0.05, 0) is 84.4 Å². The maximum absolute atomic E-state index is 14.0. The van der Waals surface area contributed by atoms with Crippen molar-refractivity contribution in [2.45, 2.75) is 69.0 Å². The number of carbonyl (C=O) groups excluding carboxylic acids is 3. The Morgan fingerprint density at radius 3 is 2.73 bits per heavy atom. The summed E-state index contributed by atoms with van der Waals surface area (Å²) in [7, 11) is -3.01. The number of nitrogens with zero attached hydrogens (tertiary/aromatic N) is 3. The Kier molecular flexibility index (Phi) is 7.61. The largest absolute Gasteiger partial charge is 0.547 e. The van der Waals surface area contributed by atoms with Crippen LogP contribution in [0.3, 0.4) is 0 Å². The van der Waals surface area contributed by atoms with E-state index in [4.69, 9.17) is 4.89 Å². The first kappa shape index (κ1) is 27.9. The molecule has 214 valence electrons. The standard InChI is InChI=1S/C29H30FN4O5PS/c1-16-9-10-31-13-21(16)19-14-33(15-19)29(37)23-7-6-20-3-2-4-22(28(36)34(20)23)32-27(35)25-12-18-11-17(26(30)40(38)39)5-8-24(18)41-25/h5,8-13,19-20,22-23,26H,2-4,6-7,14-15H2,1H3,(H-,32,35,38,39)/p+1/t20-,22-,23-,26-/m0/s1. The minimum absolute atomic E-state index is 0.00888. The van der Waals surface area contributed by atoms with Crippen LogP contribution in [0.2, 0.25) is 0 Å². The summed E-state index contributed by atoms with van der Waals surface area (Å²) in [6, 6.07) is 6.84. The van der Waals surface area contributed by atoms with Crippen molar-refractivity contribution < 1.29 is 28.2 Å². The first-order valence-electron chi connectivity index (χ1n) is 13.9. The molecule has 3 aliphatic heterocycles. The van der Waals surface area contributed by atoms with Gasteiger partial charge in [-0.3, -0.25) is 19.4 Å². The molecule has 6 rings (SSSR count). The number of hydrogen-bond donors (Lipinski definition) is 2. The summed E-state index contributed by atoms with van der Waals surface area (Å²) in [5, 5.41) is 3.48. The molecule has 5 heterocycles. The highest BCUT2D eigenvalue weighted by atomic mass is 32.1. The first-order chi connectivity index (χ1) is 19.7. The minimum Gasteiger partial charge on any atom is -0.340 e. The van der Waals surface area contributed by atoms with Crippen LogP contribution in [-0.4, -0.2) is 68.6 Å². The number of amides is 3. The molecule has 2 aromatic heterocycles. The van der Waals surface area contributed by atoms with Crippen molar-refractivity contribution in [3.63, 3.8) is 0 Å². The molecule has 0 aliphatic carbocycles. The van der Waals surface area contributed by atoms with Gasteiger partial charge < -0.3 is 15.1 Å². The van der Waals surface area contributed by atoms with Crippen LogP contribution in [0.5, 0.6) is 0 Å². The van der Waals surface area contributed by atoms with Crippen molar-refractivity contribution in [3.8, 4) is 0 Å². The molecule has 1 unspecified atom stereocenters. The van der Waals surface area contributed by atoms with Crippen molar-refractivity contribution in [2.75, 3.05) is 13.1 Å². The fraction of sp³-hybridized carbons (Fsp3) is 0.448. The lowest BCUT2D eigenvalue weighted by Crippen LogP contribution is -2.58. The topological polar surface area (TPSA) is 120 Å². The van der Waals surface area contributed by atoms with Crippen LogP contribution in [0, 0.1) is 6.92 Å². The molecule has 3 saturated heterocycles. The van der Waals surface area contributed by atoms with Gasteiger partial charge in [-0.25, -0.2) is 0 Å². The highest BCUT2D eigenvalue weighted by Crippen LogP contribution is 2.41. The Hall–Kier alpha value is -3.27. The number of hydrogen-bond acceptors (Lipinski definition) is 6. The predicted molar refractivity (Wildman–Crippen MR) is 153 cm³/mol. The van der Waals surface area contributed by atoms with Gasteiger partial charge in [0.05, 0.1) is 4.88 Å². The second-order valence-corrected chi connectivity index (χ2v) is 13.3. The SMILES string of the molecule is Cc1ccncc1C1CN(C(=O)[C@@H]2CC[C@@H]3CCC[C@H](NC(=O)c4cc5cc([C@@H](F)[P+](=O)O)ccc5s4)C(=O)N32)C1. The maximum Gasteiger partial charge on any atom is 0.547 e. The third-order valence-corrected chi connectivity index (χ3v) is 10.4. The van der Waals surface area contributed by atoms with Crippen LogP contribution in [0.25, 0.3) is 10.1 Å². The number of halogens is 1. The summed E-state index contributed by atoms with van der Waals surface area (Å²) in [5.41, 5.74) is 2.39. The molecule has 1 aromatic carbocycles. The fourth-order valence-corrected chi connectivity index (χ4v) is 7.75. The molecule has 0 saturated carbocycles. The van der Waals surface area contributed by atoms with Crippen LogP contribution in [0.1, 0.15) is 70.3 Å². The molecule has 3 aliphatic rings. The highest BCUT2D eigenvalue weighted by Gasteiger charge is 2.47. The predicted octanol–water partition coefficient (Wildman–Crippen LogP) is 4.58. The van der Waals surface area contributed by atoms with E-state index in [0.29, 0.717) is 36.2 Å². The number of aryl methyl sites for hydroxylation is 1. The smallest absolute Gasteiger partial charge is 0.340 e. The molecule has 0 bridgehead atoms. The molecule has 2 N–H and O–H groups in total. The van der Waals surface area contributed by atoms with Crippen molar-refractivity contribution in [1.82, 2.24) is 20.1 Å². The summed E-state index contributed by atoms with van der Waals surface area (Å²) in [5.74, 6) is -2.40. The Morgan fingerprint density at radius 1 is 1.17 bits per heavy atom. The zero-order valence-electron chi connectivity index (χ0n) is 22.5. The van der Waals surface area contributed by atoms with Crippen molar-refractivity contribution in [3.05, 3.63) is 64.3 Å². The maximum atomic E-state index is 14.0. The van der Waals surface area contributed by atoms with E-state index in [0.717, 1.165) is 35.1 Å². The number of thiophene rings is 1. The molecule has 9 nitrogen and oxygen atoms in total. The minimum atomic E-state index is -3.01. The van der Waals surface area contributed by atoms with Crippen LogP contribution in [-0.2, 0) is 14.2 Å². The van der Waals surface area contributed by atoms with Gasteiger partial charge in [0.25, 0.3) is 5.91 Å². The van der Waals surface area contributed by atoms with Crippen LogP contribution in [0.4, 0.5) is 4.39 Å². The molecule has 5 atom stereocenters. The number of likely N-dealkylation sites (tertiary alicyclic amines) is 1. The molecular formula is C29H31FN4O5PS+. The van der Waals surface area contributed by atoms with Gasteiger partial charge in [0.15, 0.2) is 0 Å².